The summed E-state index contributed by atoms with van der Waals surface area (Å²) in [4.78, 5) is 7.97. The van der Waals surface area contributed by atoms with Crippen LogP contribution in [0.3, 0.4) is 0 Å². The zero-order valence-electron chi connectivity index (χ0n) is 6.89. The molecule has 0 saturated heterocycles. The van der Waals surface area contributed by atoms with Gasteiger partial charge in [0.25, 0.3) is 0 Å². The Morgan fingerprint density at radius 1 is 1.62 bits per heavy atom. The van der Waals surface area contributed by atoms with E-state index in [2.05, 4.69) is 29.3 Å². The lowest BCUT2D eigenvalue weighted by atomic mass is 10.6. The van der Waals surface area contributed by atoms with Crippen LogP contribution >= 0.6 is 11.5 Å². The summed E-state index contributed by atoms with van der Waals surface area (Å²) in [6, 6.07) is 0. The SMILES string of the molecule is Cc1nsc(NCc2ncon2)n1. The lowest BCUT2D eigenvalue weighted by Crippen LogP contribution is -2.00. The Morgan fingerprint density at radius 3 is 3.15 bits per heavy atom. The Hall–Kier alpha value is -1.50. The molecule has 1 N–H and O–H groups in total. The van der Waals surface area contributed by atoms with Gasteiger partial charge in [0.15, 0.2) is 5.82 Å². The van der Waals surface area contributed by atoms with E-state index in [0.717, 1.165) is 11.0 Å². The molecule has 68 valence electrons. The highest BCUT2D eigenvalue weighted by atomic mass is 32.1. The molecule has 0 aliphatic heterocycles. The maximum Gasteiger partial charge on any atom is 0.213 e. The van der Waals surface area contributed by atoms with Gasteiger partial charge in [0.05, 0.1) is 6.54 Å². The fourth-order valence-corrected chi connectivity index (χ4v) is 1.36. The second kappa shape index (κ2) is 3.48. The molecule has 13 heavy (non-hydrogen) atoms. The summed E-state index contributed by atoms with van der Waals surface area (Å²) in [5.74, 6) is 1.37. The molecule has 0 aliphatic rings. The van der Waals surface area contributed by atoms with Gasteiger partial charge in [0.2, 0.25) is 11.5 Å². The van der Waals surface area contributed by atoms with E-state index in [1.54, 1.807) is 0 Å². The van der Waals surface area contributed by atoms with Crippen molar-refractivity contribution in [3.05, 3.63) is 18.0 Å². The first-order valence-electron chi connectivity index (χ1n) is 3.64. The van der Waals surface area contributed by atoms with E-state index >= 15 is 0 Å². The van der Waals surface area contributed by atoms with Gasteiger partial charge >= 0.3 is 0 Å². The molecule has 7 heteroatoms. The van der Waals surface area contributed by atoms with Crippen LogP contribution in [0.25, 0.3) is 0 Å². The molecule has 2 heterocycles. The highest BCUT2D eigenvalue weighted by Gasteiger charge is 2.01. The Kier molecular flexibility index (Phi) is 2.17. The van der Waals surface area contributed by atoms with E-state index in [9.17, 15) is 0 Å². The van der Waals surface area contributed by atoms with Crippen LogP contribution < -0.4 is 5.32 Å². The molecule has 2 aromatic rings. The largest absolute Gasteiger partial charge is 0.353 e. The van der Waals surface area contributed by atoms with Gasteiger partial charge in [-0.05, 0) is 6.92 Å². The summed E-state index contributed by atoms with van der Waals surface area (Å²) < 4.78 is 8.59. The topological polar surface area (TPSA) is 76.7 Å². The normalized spacial score (nSPS) is 10.2. The highest BCUT2D eigenvalue weighted by Crippen LogP contribution is 2.10. The first-order valence-corrected chi connectivity index (χ1v) is 4.41. The lowest BCUT2D eigenvalue weighted by Gasteiger charge is -1.94. The second-order valence-corrected chi connectivity index (χ2v) is 3.10. The summed E-state index contributed by atoms with van der Waals surface area (Å²) in [5, 5.41) is 7.44. The average molecular weight is 197 g/mol. The number of hydrogen-bond donors (Lipinski definition) is 1. The molecule has 0 aromatic carbocycles. The third-order valence-corrected chi connectivity index (χ3v) is 2.10. The van der Waals surface area contributed by atoms with Gasteiger partial charge < -0.3 is 9.84 Å². The van der Waals surface area contributed by atoms with Crippen molar-refractivity contribution in [2.45, 2.75) is 13.5 Å². The Balaban J connectivity index is 1.93. The summed E-state index contributed by atoms with van der Waals surface area (Å²) in [6.07, 6.45) is 1.29. The van der Waals surface area contributed by atoms with Gasteiger partial charge in [-0.25, -0.2) is 4.98 Å². The Morgan fingerprint density at radius 2 is 2.54 bits per heavy atom. The quantitative estimate of drug-likeness (QED) is 0.785. The molecule has 0 amide bonds. The van der Waals surface area contributed by atoms with Crippen LogP contribution in [0.1, 0.15) is 11.6 Å². The van der Waals surface area contributed by atoms with E-state index in [4.69, 9.17) is 0 Å². The van der Waals surface area contributed by atoms with E-state index in [1.807, 2.05) is 6.92 Å². The number of hydrogen-bond acceptors (Lipinski definition) is 7. The molecule has 0 atom stereocenters. The van der Waals surface area contributed by atoms with Crippen LogP contribution in [0, 0.1) is 6.92 Å². The molecule has 0 fully saturated rings. The third-order valence-electron chi connectivity index (χ3n) is 1.33. The van der Waals surface area contributed by atoms with Crippen LogP contribution in [-0.4, -0.2) is 19.5 Å². The molecule has 0 unspecified atom stereocenters. The standard InChI is InChI=1S/C6H7N5OS/c1-4-9-6(13-11-4)7-2-5-8-3-12-10-5/h3H,2H2,1H3,(H,7,9,11). The van der Waals surface area contributed by atoms with Crippen molar-refractivity contribution in [2.24, 2.45) is 0 Å². The van der Waals surface area contributed by atoms with E-state index < -0.39 is 0 Å². The molecule has 2 aromatic heterocycles. The van der Waals surface area contributed by atoms with Crippen molar-refractivity contribution in [3.63, 3.8) is 0 Å². The highest BCUT2D eigenvalue weighted by molar-refractivity contribution is 7.09. The third kappa shape index (κ3) is 2.00. The van der Waals surface area contributed by atoms with Crippen molar-refractivity contribution >= 4 is 16.7 Å². The van der Waals surface area contributed by atoms with Crippen molar-refractivity contribution in [3.8, 4) is 0 Å². The molecule has 6 nitrogen and oxygen atoms in total. The zero-order chi connectivity index (χ0) is 9.10. The molecule has 0 spiro atoms. The average Bonchev–Trinajstić information content (AvgIpc) is 2.71. The van der Waals surface area contributed by atoms with Gasteiger partial charge in [0.1, 0.15) is 5.82 Å². The van der Waals surface area contributed by atoms with Crippen molar-refractivity contribution < 1.29 is 4.52 Å². The van der Waals surface area contributed by atoms with E-state index in [1.165, 1.54) is 17.9 Å². The Labute approximate surface area is 78.2 Å². The molecule has 0 saturated carbocycles. The van der Waals surface area contributed by atoms with E-state index in [-0.39, 0.29) is 0 Å². The summed E-state index contributed by atoms with van der Waals surface area (Å²) in [7, 11) is 0. The molecule has 2 rings (SSSR count). The smallest absolute Gasteiger partial charge is 0.213 e. The van der Waals surface area contributed by atoms with Crippen molar-refractivity contribution in [2.75, 3.05) is 5.32 Å². The predicted octanol–water partition coefficient (Wildman–Crippen LogP) is 0.842. The maximum atomic E-state index is 4.57. The molecule has 0 radical (unpaired) electrons. The minimum absolute atomic E-state index is 0.505. The summed E-state index contributed by atoms with van der Waals surface area (Å²) in [5.41, 5.74) is 0. The number of nitrogens with one attached hydrogen (secondary N) is 1. The molecular formula is C6H7N5OS. The van der Waals surface area contributed by atoms with Gasteiger partial charge in [-0.1, -0.05) is 5.16 Å². The van der Waals surface area contributed by atoms with Crippen LogP contribution in [0.2, 0.25) is 0 Å². The number of aromatic nitrogens is 4. The number of anilines is 1. The van der Waals surface area contributed by atoms with Gasteiger partial charge in [-0.2, -0.15) is 9.36 Å². The van der Waals surface area contributed by atoms with E-state index in [0.29, 0.717) is 12.4 Å². The van der Waals surface area contributed by atoms with Crippen molar-refractivity contribution in [1.29, 1.82) is 0 Å². The fraction of sp³-hybridized carbons (Fsp3) is 0.333. The number of rotatable bonds is 3. The first-order chi connectivity index (χ1) is 6.34. The lowest BCUT2D eigenvalue weighted by molar-refractivity contribution is 0.411. The maximum absolute atomic E-state index is 4.57. The second-order valence-electron chi connectivity index (χ2n) is 2.35. The zero-order valence-corrected chi connectivity index (χ0v) is 7.71. The van der Waals surface area contributed by atoms with Gasteiger partial charge in [0, 0.05) is 11.5 Å². The fourth-order valence-electron chi connectivity index (χ4n) is 0.794. The Bertz CT molecular complexity index is 370. The summed E-state index contributed by atoms with van der Waals surface area (Å²) >= 11 is 1.31. The van der Waals surface area contributed by atoms with Gasteiger partial charge in [-0.15, -0.1) is 0 Å². The number of nitrogens with zero attached hydrogens (tertiary/aromatic N) is 4. The van der Waals surface area contributed by atoms with Crippen molar-refractivity contribution in [1.82, 2.24) is 19.5 Å². The molecule has 0 bridgehead atoms. The predicted molar refractivity (Wildman–Crippen MR) is 46.3 cm³/mol. The minimum Gasteiger partial charge on any atom is -0.353 e. The summed E-state index contributed by atoms with van der Waals surface area (Å²) in [6.45, 7) is 2.35. The minimum atomic E-state index is 0.505. The molecule has 0 aliphatic carbocycles. The van der Waals surface area contributed by atoms with Crippen LogP contribution in [-0.2, 0) is 6.54 Å². The van der Waals surface area contributed by atoms with Crippen LogP contribution in [0.5, 0.6) is 0 Å². The van der Waals surface area contributed by atoms with Crippen LogP contribution in [0.15, 0.2) is 10.9 Å². The monoisotopic (exact) mass is 197 g/mol. The van der Waals surface area contributed by atoms with Gasteiger partial charge in [-0.3, -0.25) is 0 Å². The first kappa shape index (κ1) is 8.11. The van der Waals surface area contributed by atoms with Crippen LogP contribution in [0.4, 0.5) is 5.13 Å². The number of aryl methyl sites for hydroxylation is 1. The molecular weight excluding hydrogens is 190 g/mol.